The van der Waals surface area contributed by atoms with Crippen molar-refractivity contribution in [1.82, 2.24) is 5.43 Å². The van der Waals surface area contributed by atoms with Gasteiger partial charge in [-0.05, 0) is 53.9 Å². The van der Waals surface area contributed by atoms with E-state index in [2.05, 4.69) is 74.6 Å². The fourth-order valence-electron chi connectivity index (χ4n) is 5.18. The van der Waals surface area contributed by atoms with Gasteiger partial charge in [-0.15, -0.1) is 0 Å². The highest BCUT2D eigenvalue weighted by Gasteiger charge is 2.51. The van der Waals surface area contributed by atoms with Crippen LogP contribution in [0.4, 0.5) is 0 Å². The number of hydrazone groups is 1. The van der Waals surface area contributed by atoms with Crippen LogP contribution in [0.3, 0.4) is 0 Å². The van der Waals surface area contributed by atoms with E-state index in [0.717, 1.165) is 12.1 Å². The predicted molar refractivity (Wildman–Crippen MR) is 121 cm³/mol. The maximum absolute atomic E-state index is 12.2. The summed E-state index contributed by atoms with van der Waals surface area (Å²) in [5.74, 6) is 1.68. The summed E-state index contributed by atoms with van der Waals surface area (Å²) < 4.78 is 5.68. The molecule has 4 nitrogen and oxygen atoms in total. The molecular weight excluding hydrogens is 372 g/mol. The summed E-state index contributed by atoms with van der Waals surface area (Å²) in [5, 5.41) is 4.43. The van der Waals surface area contributed by atoms with Crippen molar-refractivity contribution in [3.8, 4) is 5.75 Å². The molecule has 0 aromatic heterocycles. The van der Waals surface area contributed by atoms with E-state index < -0.39 is 0 Å². The van der Waals surface area contributed by atoms with Gasteiger partial charge < -0.3 is 4.74 Å². The molecule has 2 bridgehead atoms. The largest absolute Gasteiger partial charge is 0.484 e. The topological polar surface area (TPSA) is 50.7 Å². The van der Waals surface area contributed by atoms with Gasteiger partial charge in [-0.1, -0.05) is 70.2 Å². The zero-order chi connectivity index (χ0) is 21.4. The van der Waals surface area contributed by atoms with Crippen molar-refractivity contribution in [2.45, 2.75) is 52.4 Å². The second kappa shape index (κ2) is 7.90. The predicted octanol–water partition coefficient (Wildman–Crippen LogP) is 5.32. The molecule has 0 spiro atoms. The molecule has 158 valence electrons. The molecular formula is C26H32N2O2. The molecule has 0 aliphatic heterocycles. The number of amides is 1. The van der Waals surface area contributed by atoms with Crippen LogP contribution in [-0.4, -0.2) is 18.2 Å². The minimum Gasteiger partial charge on any atom is -0.484 e. The SMILES string of the molecule is CC(C)(c1ccccc1)c1ccc(OCC(=O)N/N=C2/C[C@H]3CC[C@H]2C3(C)C)cc1. The fourth-order valence-corrected chi connectivity index (χ4v) is 5.18. The lowest BCUT2D eigenvalue weighted by atomic mass is 9.78. The number of hydrogen-bond acceptors (Lipinski definition) is 3. The van der Waals surface area contributed by atoms with Gasteiger partial charge in [0.05, 0.1) is 0 Å². The first-order chi connectivity index (χ1) is 14.3. The molecule has 1 amide bonds. The van der Waals surface area contributed by atoms with Crippen molar-refractivity contribution in [1.29, 1.82) is 0 Å². The fraction of sp³-hybridized carbons (Fsp3) is 0.462. The monoisotopic (exact) mass is 404 g/mol. The number of benzene rings is 2. The number of fused-ring (bicyclic) bond motifs is 2. The highest BCUT2D eigenvalue weighted by molar-refractivity contribution is 5.92. The Morgan fingerprint density at radius 3 is 2.33 bits per heavy atom. The van der Waals surface area contributed by atoms with Gasteiger partial charge >= 0.3 is 0 Å². The molecule has 2 aromatic carbocycles. The second-order valence-corrected chi connectivity index (χ2v) is 9.79. The van der Waals surface area contributed by atoms with Gasteiger partial charge in [0.2, 0.25) is 0 Å². The lowest BCUT2D eigenvalue weighted by Gasteiger charge is -2.26. The lowest BCUT2D eigenvalue weighted by molar-refractivity contribution is -0.123. The molecule has 2 aliphatic carbocycles. The van der Waals surface area contributed by atoms with Crippen molar-refractivity contribution >= 4 is 11.6 Å². The average molecular weight is 405 g/mol. The van der Waals surface area contributed by atoms with Crippen LogP contribution in [0.15, 0.2) is 59.7 Å². The first-order valence-electron chi connectivity index (χ1n) is 10.9. The van der Waals surface area contributed by atoms with Crippen LogP contribution < -0.4 is 10.2 Å². The van der Waals surface area contributed by atoms with Gasteiger partial charge in [0.25, 0.3) is 5.91 Å². The van der Waals surface area contributed by atoms with Crippen molar-refractivity contribution in [3.63, 3.8) is 0 Å². The third kappa shape index (κ3) is 3.88. The van der Waals surface area contributed by atoms with Crippen molar-refractivity contribution < 1.29 is 9.53 Å². The Labute approximate surface area is 179 Å². The quantitative estimate of drug-likeness (QED) is 0.663. The number of nitrogens with zero attached hydrogens (tertiary/aromatic N) is 1. The Bertz CT molecular complexity index is 929. The van der Waals surface area contributed by atoms with E-state index in [1.54, 1.807) is 0 Å². The van der Waals surface area contributed by atoms with Gasteiger partial charge in [-0.25, -0.2) is 5.43 Å². The molecule has 2 aliphatic rings. The summed E-state index contributed by atoms with van der Waals surface area (Å²) >= 11 is 0. The number of ether oxygens (including phenoxy) is 1. The zero-order valence-corrected chi connectivity index (χ0v) is 18.4. The third-order valence-corrected chi connectivity index (χ3v) is 7.38. The van der Waals surface area contributed by atoms with E-state index >= 15 is 0 Å². The number of carbonyl (C=O) groups excluding carboxylic acids is 1. The van der Waals surface area contributed by atoms with E-state index in [1.165, 1.54) is 24.0 Å². The van der Waals surface area contributed by atoms with Crippen LogP contribution in [0.2, 0.25) is 0 Å². The molecule has 2 aromatic rings. The highest BCUT2D eigenvalue weighted by atomic mass is 16.5. The van der Waals surface area contributed by atoms with Gasteiger partial charge in [0.15, 0.2) is 6.61 Å². The van der Waals surface area contributed by atoms with Crippen molar-refractivity contribution in [3.05, 3.63) is 65.7 Å². The number of carbonyl (C=O) groups is 1. The molecule has 1 N–H and O–H groups in total. The van der Waals surface area contributed by atoms with E-state index in [0.29, 0.717) is 23.0 Å². The number of nitrogens with one attached hydrogen (secondary N) is 1. The first-order valence-corrected chi connectivity index (χ1v) is 10.9. The van der Waals surface area contributed by atoms with E-state index in [-0.39, 0.29) is 17.9 Å². The highest BCUT2D eigenvalue weighted by Crippen LogP contribution is 2.55. The minimum atomic E-state index is -0.211. The van der Waals surface area contributed by atoms with E-state index in [9.17, 15) is 4.79 Å². The lowest BCUT2D eigenvalue weighted by Crippen LogP contribution is -2.27. The van der Waals surface area contributed by atoms with E-state index in [4.69, 9.17) is 4.74 Å². The molecule has 0 saturated heterocycles. The first kappa shape index (κ1) is 20.6. The van der Waals surface area contributed by atoms with Crippen molar-refractivity contribution in [2.75, 3.05) is 6.61 Å². The Morgan fingerprint density at radius 2 is 1.73 bits per heavy atom. The molecule has 0 heterocycles. The maximum atomic E-state index is 12.2. The van der Waals surface area contributed by atoms with Crippen LogP contribution in [-0.2, 0) is 10.2 Å². The van der Waals surface area contributed by atoms with Crippen molar-refractivity contribution in [2.24, 2.45) is 22.4 Å². The molecule has 4 rings (SSSR count). The normalized spacial score (nSPS) is 23.5. The summed E-state index contributed by atoms with van der Waals surface area (Å²) in [6.07, 6.45) is 3.48. The maximum Gasteiger partial charge on any atom is 0.277 e. The Balaban J connectivity index is 1.31. The van der Waals surface area contributed by atoms with Crippen LogP contribution in [0.5, 0.6) is 5.75 Å². The molecule has 4 heteroatoms. The second-order valence-electron chi connectivity index (χ2n) is 9.79. The number of rotatable bonds is 6. The van der Waals surface area contributed by atoms with Gasteiger partial charge in [0.1, 0.15) is 5.75 Å². The molecule has 30 heavy (non-hydrogen) atoms. The average Bonchev–Trinajstić information content (AvgIpc) is 3.18. The van der Waals surface area contributed by atoms with Gasteiger partial charge in [0, 0.05) is 17.0 Å². The summed E-state index contributed by atoms with van der Waals surface area (Å²) in [6, 6.07) is 18.4. The van der Waals surface area contributed by atoms with Crippen LogP contribution in [0, 0.1) is 17.3 Å². The molecule has 2 atom stereocenters. The summed E-state index contributed by atoms with van der Waals surface area (Å²) in [6.45, 7) is 9.04. The molecule has 2 saturated carbocycles. The Kier molecular flexibility index (Phi) is 5.44. The van der Waals surface area contributed by atoms with Crippen LogP contribution >= 0.6 is 0 Å². The Hall–Kier alpha value is -2.62. The zero-order valence-electron chi connectivity index (χ0n) is 18.4. The third-order valence-electron chi connectivity index (χ3n) is 7.38. The smallest absolute Gasteiger partial charge is 0.277 e. The summed E-state index contributed by atoms with van der Waals surface area (Å²) in [5.41, 5.74) is 6.54. The minimum absolute atomic E-state index is 0.0321. The van der Waals surface area contributed by atoms with Gasteiger partial charge in [-0.3, -0.25) is 4.79 Å². The van der Waals surface area contributed by atoms with Crippen LogP contribution in [0.1, 0.15) is 58.1 Å². The summed E-state index contributed by atoms with van der Waals surface area (Å²) in [4.78, 5) is 12.2. The molecule has 0 unspecified atom stereocenters. The van der Waals surface area contributed by atoms with E-state index in [1.807, 2.05) is 18.2 Å². The molecule has 0 radical (unpaired) electrons. The summed E-state index contributed by atoms with van der Waals surface area (Å²) in [7, 11) is 0. The molecule has 2 fully saturated rings. The van der Waals surface area contributed by atoms with Crippen LogP contribution in [0.25, 0.3) is 0 Å². The number of hydrogen-bond donors (Lipinski definition) is 1. The van der Waals surface area contributed by atoms with Gasteiger partial charge in [-0.2, -0.15) is 5.10 Å². The Morgan fingerprint density at radius 1 is 1.07 bits per heavy atom. The standard InChI is InChI=1S/C26H32N2O2/c1-25(2,18-8-6-5-7-9-18)19-10-13-21(14-11-19)30-17-24(29)28-27-23-16-20-12-15-22(23)26(20,3)4/h5-11,13-14,20,22H,12,15-17H2,1-4H3,(H,28,29)/b27-23-/t20-,22-/m1/s1.